The molecule has 0 radical (unpaired) electrons. The maximum atomic E-state index is 13.1. The first kappa shape index (κ1) is 69.0. The van der Waals surface area contributed by atoms with Crippen molar-refractivity contribution in [3.05, 3.63) is 113 Å². The molecule has 2 aliphatic heterocycles. The van der Waals surface area contributed by atoms with E-state index in [4.69, 9.17) is 40.6 Å². The van der Waals surface area contributed by atoms with Gasteiger partial charge in [-0.2, -0.15) is 10.2 Å². The first-order chi connectivity index (χ1) is 42.1. The van der Waals surface area contributed by atoms with Gasteiger partial charge >= 0.3 is 0 Å². The fourth-order valence-corrected chi connectivity index (χ4v) is 13.5. The molecule has 4 aliphatic rings. The normalized spacial score (nSPS) is 17.5. The fourth-order valence-electron chi connectivity index (χ4n) is 11.3. The van der Waals surface area contributed by atoms with Crippen LogP contribution >= 0.6 is 11.6 Å². The van der Waals surface area contributed by atoms with Gasteiger partial charge in [-0.3, -0.25) is 19.0 Å². The van der Waals surface area contributed by atoms with Crippen molar-refractivity contribution in [3.63, 3.8) is 0 Å². The second-order valence-corrected chi connectivity index (χ2v) is 38.1. The number of hydrogen-bond donors (Lipinski definition) is 2. The molecule has 89 heavy (non-hydrogen) atoms. The van der Waals surface area contributed by atoms with Gasteiger partial charge in [-0.25, -0.2) is 19.9 Å². The number of carbonyl (C=O) groups excluding carboxylic acids is 2. The largest absolute Gasteiger partial charge is 0.415 e. The van der Waals surface area contributed by atoms with E-state index < -0.39 is 16.6 Å². The van der Waals surface area contributed by atoms with Crippen LogP contribution in [0.2, 0.25) is 41.5 Å². The Morgan fingerprint density at radius 2 is 1.10 bits per heavy atom. The van der Waals surface area contributed by atoms with Crippen LogP contribution in [0.4, 0.5) is 17.3 Å². The summed E-state index contributed by atoms with van der Waals surface area (Å²) in [6.45, 7) is 36.4. The Balaban J connectivity index is 0.000000194. The van der Waals surface area contributed by atoms with E-state index in [1.54, 1.807) is 24.8 Å². The standard InChI is InChI=1S/C34H50N6O3Si.C23H28ClN3O2.C11H23N3OSi/c1-24(2)43-29-22-39(23-29)32(41)19-26-11-9-8-10-25-18-27(12-13-30(25)26)31-14-15-35-33(38-31)37-28-20-36-40(21-28)16-17-42-44(6,7)34(3,4)5;1-15(2)29-19-13-27(14-19)22(28)12-17-6-4-3-5-16-11-18(7-8-20(16)17)21-9-10-25-23(24)26-21;1-11(2,3)16(4,5)15-7-6-14-9-10(12)8-13-14/h12-15,18,20-21,24,26,29H,8-11,16-17,19,22-23H2,1-7H3,(H,35,37,38);7-11,15,17,19H,3-6,12-14H2,1-2H3;8-9H,6-7,12H2,1-5H3. The molecule has 2 fully saturated rings. The zero-order valence-electron chi connectivity index (χ0n) is 55.7. The molecule has 2 aromatic carbocycles. The van der Waals surface area contributed by atoms with Crippen molar-refractivity contribution in [1.82, 2.24) is 49.3 Å². The number of anilines is 3. The Bertz CT molecular complexity index is 3270. The Hall–Kier alpha value is -5.88. The number of benzene rings is 2. The number of fused-ring (bicyclic) bond motifs is 2. The summed E-state index contributed by atoms with van der Waals surface area (Å²) in [5, 5.41) is 12.6. The van der Waals surface area contributed by atoms with Gasteiger partial charge in [0.2, 0.25) is 23.0 Å². The fraction of sp³-hybridized carbons (Fsp3) is 0.588. The van der Waals surface area contributed by atoms with Gasteiger partial charge in [0.05, 0.1) is 85.9 Å². The highest BCUT2D eigenvalue weighted by Gasteiger charge is 2.39. The number of nitrogens with zero attached hydrogens (tertiary/aromatic N) is 10. The summed E-state index contributed by atoms with van der Waals surface area (Å²) in [6, 6.07) is 17.0. The van der Waals surface area contributed by atoms with Crippen molar-refractivity contribution >= 4 is 57.4 Å². The van der Waals surface area contributed by atoms with E-state index in [0.29, 0.717) is 57.3 Å². The quantitative estimate of drug-likeness (QED) is 0.0415. The molecule has 2 atom stereocenters. The van der Waals surface area contributed by atoms with Crippen LogP contribution in [0.3, 0.4) is 0 Å². The molecular formula is C68H101ClN12O6Si2. The molecule has 484 valence electrons. The number of ether oxygens (including phenoxy) is 2. The molecule has 6 aromatic rings. The molecule has 0 saturated carbocycles. The number of nitrogens with one attached hydrogen (secondary N) is 1. The van der Waals surface area contributed by atoms with E-state index in [1.807, 2.05) is 71.4 Å². The number of likely N-dealkylation sites (tertiary alicyclic amines) is 2. The Kier molecular flexibility index (Phi) is 23.7. The monoisotopic (exact) mass is 1270 g/mol. The van der Waals surface area contributed by atoms with Crippen LogP contribution in [0.5, 0.6) is 0 Å². The summed E-state index contributed by atoms with van der Waals surface area (Å²) in [5.74, 6) is 1.57. The average molecular weight is 1270 g/mol. The van der Waals surface area contributed by atoms with E-state index >= 15 is 0 Å². The number of halogens is 1. The average Bonchev–Trinajstić information content (AvgIpc) is 2.20. The highest BCUT2D eigenvalue weighted by Crippen LogP contribution is 2.40. The first-order valence-corrected chi connectivity index (χ1v) is 38.6. The lowest BCUT2D eigenvalue weighted by atomic mass is 9.88. The van der Waals surface area contributed by atoms with Crippen molar-refractivity contribution in [2.75, 3.05) is 50.4 Å². The maximum Gasteiger partial charge on any atom is 0.227 e. The molecule has 2 unspecified atom stereocenters. The number of amides is 2. The van der Waals surface area contributed by atoms with E-state index in [0.717, 1.165) is 99.2 Å². The SMILES string of the molecule is CC(C)(C)[Si](C)(C)OCCn1cc(N)cn1.CC(C)OC1CN(C(=O)CC2CCCCc3cc(-c4ccnc(Cl)n4)ccc32)C1.CC(C)OC1CN(C(=O)CC2CCCCc3cc(-c4ccnc(Nc5cnn(CCO[Si](C)(C)C(C)(C)C)c5)n4)ccc32)C1. The minimum Gasteiger partial charge on any atom is -0.415 e. The summed E-state index contributed by atoms with van der Waals surface area (Å²) in [5.41, 5.74) is 16.2. The van der Waals surface area contributed by atoms with Gasteiger partial charge in [-0.05, 0) is 172 Å². The zero-order valence-corrected chi connectivity index (χ0v) is 58.4. The van der Waals surface area contributed by atoms with Gasteiger partial charge in [-0.15, -0.1) is 0 Å². The number of nitrogen functional groups attached to an aromatic ring is 1. The Morgan fingerprint density at radius 1 is 0.640 bits per heavy atom. The Morgan fingerprint density at radius 3 is 1.55 bits per heavy atom. The molecule has 4 aromatic heterocycles. The molecule has 0 bridgehead atoms. The molecule has 6 heterocycles. The van der Waals surface area contributed by atoms with Crippen molar-refractivity contribution in [2.45, 2.75) is 219 Å². The van der Waals surface area contributed by atoms with Crippen LogP contribution in [0.15, 0.2) is 85.7 Å². The van der Waals surface area contributed by atoms with Crippen LogP contribution < -0.4 is 11.1 Å². The van der Waals surface area contributed by atoms with E-state index in [2.05, 4.69) is 135 Å². The van der Waals surface area contributed by atoms with Crippen LogP contribution in [0.25, 0.3) is 22.5 Å². The minimum atomic E-state index is -1.78. The number of hydrogen-bond acceptors (Lipinski definition) is 14. The summed E-state index contributed by atoms with van der Waals surface area (Å²) < 4.78 is 27.7. The van der Waals surface area contributed by atoms with E-state index in [9.17, 15) is 9.59 Å². The second-order valence-electron chi connectivity index (χ2n) is 28.2. The molecule has 0 spiro atoms. The Labute approximate surface area is 537 Å². The van der Waals surface area contributed by atoms with E-state index in [1.165, 1.54) is 22.3 Å². The first-order valence-electron chi connectivity index (χ1n) is 32.4. The summed E-state index contributed by atoms with van der Waals surface area (Å²) in [6.07, 6.45) is 21.4. The highest BCUT2D eigenvalue weighted by atomic mass is 35.5. The second kappa shape index (κ2) is 30.5. The number of carbonyl (C=O) groups is 2. The number of aryl methyl sites for hydroxylation is 2. The van der Waals surface area contributed by atoms with Crippen molar-refractivity contribution < 1.29 is 27.9 Å². The summed E-state index contributed by atoms with van der Waals surface area (Å²) in [7, 11) is -3.41. The molecule has 3 N–H and O–H groups in total. The highest BCUT2D eigenvalue weighted by molar-refractivity contribution is 6.74. The van der Waals surface area contributed by atoms with E-state index in [-0.39, 0.29) is 63.4 Å². The lowest BCUT2D eigenvalue weighted by Crippen LogP contribution is -2.55. The number of nitrogens with two attached hydrogens (primary N) is 1. The van der Waals surface area contributed by atoms with Gasteiger partial charge in [0.15, 0.2) is 16.6 Å². The predicted octanol–water partition coefficient (Wildman–Crippen LogP) is 14.1. The van der Waals surface area contributed by atoms with Crippen molar-refractivity contribution in [2.24, 2.45) is 0 Å². The molecule has 2 aliphatic carbocycles. The molecule has 10 rings (SSSR count). The third-order valence-corrected chi connectivity index (χ3v) is 27.7. The van der Waals surface area contributed by atoms with Gasteiger partial charge in [0.25, 0.3) is 0 Å². The van der Waals surface area contributed by atoms with Gasteiger partial charge in [0, 0.05) is 74.9 Å². The zero-order chi connectivity index (χ0) is 64.3. The van der Waals surface area contributed by atoms with Crippen LogP contribution in [0, 0.1) is 0 Å². The minimum absolute atomic E-state index is 0.179. The number of aromatic nitrogens is 8. The van der Waals surface area contributed by atoms with Gasteiger partial charge < -0.3 is 39.2 Å². The van der Waals surface area contributed by atoms with Gasteiger partial charge in [-0.1, -0.05) is 78.6 Å². The lowest BCUT2D eigenvalue weighted by Gasteiger charge is -2.40. The molecule has 2 amide bonds. The summed E-state index contributed by atoms with van der Waals surface area (Å²) in [4.78, 5) is 47.4. The maximum absolute atomic E-state index is 13.1. The van der Waals surface area contributed by atoms with Crippen LogP contribution in [0.1, 0.15) is 155 Å². The molecular weight excluding hydrogens is 1170 g/mol. The smallest absolute Gasteiger partial charge is 0.227 e. The van der Waals surface area contributed by atoms with Crippen LogP contribution in [-0.4, -0.2) is 142 Å². The molecule has 21 heteroatoms. The predicted molar refractivity (Wildman–Crippen MR) is 361 cm³/mol. The molecule has 18 nitrogen and oxygen atoms in total. The number of rotatable bonds is 20. The molecule has 2 saturated heterocycles. The lowest BCUT2D eigenvalue weighted by molar-refractivity contribution is -0.149. The van der Waals surface area contributed by atoms with Crippen molar-refractivity contribution in [1.29, 1.82) is 0 Å². The van der Waals surface area contributed by atoms with Crippen molar-refractivity contribution in [3.8, 4) is 22.5 Å². The third-order valence-electron chi connectivity index (χ3n) is 18.4. The summed E-state index contributed by atoms with van der Waals surface area (Å²) >= 11 is 5.96. The van der Waals surface area contributed by atoms with Crippen LogP contribution in [-0.2, 0) is 53.8 Å². The third kappa shape index (κ3) is 19.6. The topological polar surface area (TPSA) is 203 Å². The van der Waals surface area contributed by atoms with Gasteiger partial charge in [0.1, 0.15) is 0 Å².